The van der Waals surface area contributed by atoms with Crippen molar-refractivity contribution < 1.29 is 4.74 Å². The highest BCUT2D eigenvalue weighted by atomic mass is 16.5. The molecular weight excluding hydrogens is 174 g/mol. The Kier molecular flexibility index (Phi) is 3.45. The Morgan fingerprint density at radius 1 is 1.21 bits per heavy atom. The first-order chi connectivity index (χ1) is 6.87. The lowest BCUT2D eigenvalue weighted by Crippen LogP contribution is -2.50. The second-order valence-corrected chi connectivity index (χ2v) is 5.04. The van der Waals surface area contributed by atoms with Crippen molar-refractivity contribution in [2.24, 2.45) is 11.3 Å². The lowest BCUT2D eigenvalue weighted by Gasteiger charge is -2.49. The zero-order chi connectivity index (χ0) is 9.86. The Hall–Kier alpha value is -0.0800. The molecule has 1 saturated heterocycles. The highest BCUT2D eigenvalue weighted by Crippen LogP contribution is 2.45. The average Bonchev–Trinajstić information content (AvgIpc) is 2.18. The van der Waals surface area contributed by atoms with E-state index in [-0.39, 0.29) is 0 Å². The molecule has 0 radical (unpaired) electrons. The Morgan fingerprint density at radius 2 is 1.93 bits per heavy atom. The van der Waals surface area contributed by atoms with Gasteiger partial charge in [-0.3, -0.25) is 0 Å². The third-order valence-electron chi connectivity index (χ3n) is 4.12. The van der Waals surface area contributed by atoms with Gasteiger partial charge in [-0.1, -0.05) is 19.3 Å². The molecule has 0 aromatic heterocycles. The summed E-state index contributed by atoms with van der Waals surface area (Å²) < 4.78 is 5.46. The van der Waals surface area contributed by atoms with Crippen LogP contribution < -0.4 is 5.32 Å². The van der Waals surface area contributed by atoms with E-state index in [2.05, 4.69) is 5.32 Å². The minimum absolute atomic E-state index is 0.559. The zero-order valence-corrected chi connectivity index (χ0v) is 9.35. The molecular formula is C12H23NO. The summed E-state index contributed by atoms with van der Waals surface area (Å²) in [6, 6.07) is 0. The molecule has 0 bridgehead atoms. The molecule has 14 heavy (non-hydrogen) atoms. The lowest BCUT2D eigenvalue weighted by molar-refractivity contribution is -0.156. The Morgan fingerprint density at radius 3 is 2.43 bits per heavy atom. The molecule has 2 aliphatic rings. The molecule has 1 heterocycles. The van der Waals surface area contributed by atoms with E-state index >= 15 is 0 Å². The molecule has 1 saturated carbocycles. The molecule has 0 spiro atoms. The largest absolute Gasteiger partial charge is 0.380 e. The van der Waals surface area contributed by atoms with E-state index in [4.69, 9.17) is 4.74 Å². The van der Waals surface area contributed by atoms with Crippen molar-refractivity contribution in [2.45, 2.75) is 38.5 Å². The summed E-state index contributed by atoms with van der Waals surface area (Å²) in [4.78, 5) is 0. The molecule has 1 N–H and O–H groups in total. The number of hydrogen-bond acceptors (Lipinski definition) is 2. The van der Waals surface area contributed by atoms with E-state index in [1.807, 2.05) is 7.05 Å². The molecule has 0 aromatic rings. The fourth-order valence-electron chi connectivity index (χ4n) is 3.04. The molecule has 2 heteroatoms. The van der Waals surface area contributed by atoms with Gasteiger partial charge in [-0.15, -0.1) is 0 Å². The summed E-state index contributed by atoms with van der Waals surface area (Å²) >= 11 is 0. The first kappa shape index (κ1) is 10.4. The van der Waals surface area contributed by atoms with Crippen molar-refractivity contribution in [1.29, 1.82) is 0 Å². The second kappa shape index (κ2) is 4.63. The van der Waals surface area contributed by atoms with E-state index in [0.29, 0.717) is 5.41 Å². The van der Waals surface area contributed by atoms with Crippen LogP contribution >= 0.6 is 0 Å². The zero-order valence-electron chi connectivity index (χ0n) is 9.35. The van der Waals surface area contributed by atoms with Crippen molar-refractivity contribution in [3.05, 3.63) is 0 Å². The smallest absolute Gasteiger partial charge is 0.0547 e. The first-order valence-corrected chi connectivity index (χ1v) is 6.10. The lowest BCUT2D eigenvalue weighted by atomic mass is 9.65. The van der Waals surface area contributed by atoms with Gasteiger partial charge in [-0.05, 0) is 38.8 Å². The molecule has 1 aliphatic carbocycles. The van der Waals surface area contributed by atoms with E-state index in [0.717, 1.165) is 25.7 Å². The maximum atomic E-state index is 5.46. The van der Waals surface area contributed by atoms with Crippen molar-refractivity contribution in [1.82, 2.24) is 5.32 Å². The quantitative estimate of drug-likeness (QED) is 0.746. The number of hydrogen-bond donors (Lipinski definition) is 1. The maximum Gasteiger partial charge on any atom is 0.0547 e. The van der Waals surface area contributed by atoms with Gasteiger partial charge in [0.2, 0.25) is 0 Å². The predicted molar refractivity (Wildman–Crippen MR) is 58.4 cm³/mol. The third kappa shape index (κ3) is 1.96. The second-order valence-electron chi connectivity index (χ2n) is 5.04. The van der Waals surface area contributed by atoms with Crippen molar-refractivity contribution in [3.8, 4) is 0 Å². The standard InChI is InChI=1S/C12H23NO/c1-13-8-7-12(9-14-10-12)11-5-3-2-4-6-11/h11,13H,2-10H2,1H3. The molecule has 0 unspecified atom stereocenters. The van der Waals surface area contributed by atoms with Gasteiger partial charge in [-0.2, -0.15) is 0 Å². The molecule has 1 aliphatic heterocycles. The van der Waals surface area contributed by atoms with Crippen LogP contribution in [0.3, 0.4) is 0 Å². The van der Waals surface area contributed by atoms with Crippen LogP contribution in [0.25, 0.3) is 0 Å². The van der Waals surface area contributed by atoms with E-state index in [1.54, 1.807) is 0 Å². The van der Waals surface area contributed by atoms with Gasteiger partial charge in [0.1, 0.15) is 0 Å². The molecule has 0 aromatic carbocycles. The summed E-state index contributed by atoms with van der Waals surface area (Å²) in [6.07, 6.45) is 8.58. The van der Waals surface area contributed by atoms with Crippen molar-refractivity contribution in [3.63, 3.8) is 0 Å². The van der Waals surface area contributed by atoms with Gasteiger partial charge in [0.15, 0.2) is 0 Å². The van der Waals surface area contributed by atoms with Gasteiger partial charge in [0.25, 0.3) is 0 Å². The van der Waals surface area contributed by atoms with E-state index < -0.39 is 0 Å². The summed E-state index contributed by atoms with van der Waals surface area (Å²) in [7, 11) is 2.05. The molecule has 0 amide bonds. The van der Waals surface area contributed by atoms with Crippen LogP contribution in [0.5, 0.6) is 0 Å². The topological polar surface area (TPSA) is 21.3 Å². The SMILES string of the molecule is CNCCC1(C2CCCCC2)COC1. The van der Waals surface area contributed by atoms with Crippen LogP contribution in [0, 0.1) is 11.3 Å². The van der Waals surface area contributed by atoms with Crippen molar-refractivity contribution in [2.75, 3.05) is 26.8 Å². The van der Waals surface area contributed by atoms with E-state index in [9.17, 15) is 0 Å². The van der Waals surface area contributed by atoms with Crippen LogP contribution in [-0.2, 0) is 4.74 Å². The third-order valence-corrected chi connectivity index (χ3v) is 4.12. The van der Waals surface area contributed by atoms with Gasteiger partial charge < -0.3 is 10.1 Å². The normalized spacial score (nSPS) is 27.2. The Balaban J connectivity index is 1.89. The van der Waals surface area contributed by atoms with Crippen LogP contribution in [0.15, 0.2) is 0 Å². The Bertz CT molecular complexity index is 171. The van der Waals surface area contributed by atoms with Gasteiger partial charge in [-0.25, -0.2) is 0 Å². The van der Waals surface area contributed by atoms with Crippen molar-refractivity contribution >= 4 is 0 Å². The predicted octanol–water partition coefficient (Wildman–Crippen LogP) is 2.19. The average molecular weight is 197 g/mol. The maximum absolute atomic E-state index is 5.46. The summed E-state index contributed by atoms with van der Waals surface area (Å²) in [5.41, 5.74) is 0.559. The highest BCUT2D eigenvalue weighted by Gasteiger charge is 2.44. The highest BCUT2D eigenvalue weighted by molar-refractivity contribution is 4.93. The van der Waals surface area contributed by atoms with Crippen LogP contribution in [0.2, 0.25) is 0 Å². The minimum atomic E-state index is 0.559. The number of ether oxygens (including phenoxy) is 1. The molecule has 82 valence electrons. The molecule has 2 rings (SSSR count). The molecule has 2 fully saturated rings. The minimum Gasteiger partial charge on any atom is -0.380 e. The molecule has 0 atom stereocenters. The fraction of sp³-hybridized carbons (Fsp3) is 1.00. The first-order valence-electron chi connectivity index (χ1n) is 6.10. The summed E-state index contributed by atoms with van der Waals surface area (Å²) in [5, 5.41) is 3.28. The van der Waals surface area contributed by atoms with Crippen LogP contribution in [0.1, 0.15) is 38.5 Å². The van der Waals surface area contributed by atoms with Gasteiger partial charge in [0.05, 0.1) is 13.2 Å². The van der Waals surface area contributed by atoms with Crippen LogP contribution in [-0.4, -0.2) is 26.8 Å². The monoisotopic (exact) mass is 197 g/mol. The number of nitrogens with one attached hydrogen (secondary N) is 1. The van der Waals surface area contributed by atoms with Crippen LogP contribution in [0.4, 0.5) is 0 Å². The number of rotatable bonds is 4. The van der Waals surface area contributed by atoms with E-state index in [1.165, 1.54) is 38.5 Å². The fourth-order valence-corrected chi connectivity index (χ4v) is 3.04. The molecule has 2 nitrogen and oxygen atoms in total. The Labute approximate surface area is 87.4 Å². The summed E-state index contributed by atoms with van der Waals surface area (Å²) in [5.74, 6) is 0.957. The van der Waals surface area contributed by atoms with Gasteiger partial charge in [0, 0.05) is 5.41 Å². The van der Waals surface area contributed by atoms with Gasteiger partial charge >= 0.3 is 0 Å². The summed E-state index contributed by atoms with van der Waals surface area (Å²) in [6.45, 7) is 3.21.